The highest BCUT2D eigenvalue weighted by Crippen LogP contribution is 2.16. The Bertz CT molecular complexity index is 707. The third kappa shape index (κ3) is 4.01. The lowest BCUT2D eigenvalue weighted by molar-refractivity contribution is -0.124. The number of aromatic carboxylic acids is 1. The molecule has 6 heteroatoms. The summed E-state index contributed by atoms with van der Waals surface area (Å²) in [6, 6.07) is 8.67. The predicted octanol–water partition coefficient (Wildman–Crippen LogP) is 2.97. The number of amides is 1. The van der Waals surface area contributed by atoms with Crippen LogP contribution in [0.3, 0.4) is 0 Å². The Labute approximate surface area is 141 Å². The van der Waals surface area contributed by atoms with Crippen LogP contribution in [0.4, 0.5) is 0 Å². The number of nitrogens with zero attached hydrogens (tertiary/aromatic N) is 2. The highest BCUT2D eigenvalue weighted by molar-refractivity contribution is 5.87. The van der Waals surface area contributed by atoms with Crippen molar-refractivity contribution in [1.82, 2.24) is 15.1 Å². The van der Waals surface area contributed by atoms with E-state index in [-0.39, 0.29) is 17.6 Å². The van der Waals surface area contributed by atoms with E-state index in [1.807, 2.05) is 19.1 Å². The molecule has 1 heterocycles. The monoisotopic (exact) mass is 329 g/mol. The van der Waals surface area contributed by atoms with Crippen molar-refractivity contribution in [3.8, 4) is 0 Å². The van der Waals surface area contributed by atoms with Crippen LogP contribution in [0.1, 0.15) is 60.9 Å². The molecule has 0 saturated carbocycles. The molecule has 0 aliphatic heterocycles. The molecule has 2 N–H and O–H groups in total. The summed E-state index contributed by atoms with van der Waals surface area (Å²) < 4.78 is 1.22. The smallest absolute Gasteiger partial charge is 0.354 e. The van der Waals surface area contributed by atoms with Crippen LogP contribution >= 0.6 is 0 Å². The molecular formula is C18H23N3O3. The Hall–Kier alpha value is -2.63. The molecule has 2 unspecified atom stereocenters. The van der Waals surface area contributed by atoms with Gasteiger partial charge in [0.1, 0.15) is 11.7 Å². The summed E-state index contributed by atoms with van der Waals surface area (Å²) in [5.41, 5.74) is 2.28. The van der Waals surface area contributed by atoms with Gasteiger partial charge in [-0.1, -0.05) is 37.6 Å². The Morgan fingerprint density at radius 3 is 2.46 bits per heavy atom. The predicted molar refractivity (Wildman–Crippen MR) is 90.9 cm³/mol. The second kappa shape index (κ2) is 7.77. The summed E-state index contributed by atoms with van der Waals surface area (Å²) in [6.45, 7) is 5.67. The van der Waals surface area contributed by atoms with E-state index in [9.17, 15) is 9.59 Å². The summed E-state index contributed by atoms with van der Waals surface area (Å²) >= 11 is 0. The van der Waals surface area contributed by atoms with Gasteiger partial charge < -0.3 is 10.4 Å². The fourth-order valence-electron chi connectivity index (χ4n) is 2.58. The SMILES string of the molecule is CCCc1ccc(C(C)NC(=O)C(C)n2nccc2C(=O)O)cc1. The van der Waals surface area contributed by atoms with Gasteiger partial charge >= 0.3 is 5.97 Å². The number of benzene rings is 1. The van der Waals surface area contributed by atoms with Crippen molar-refractivity contribution in [2.75, 3.05) is 0 Å². The normalized spacial score (nSPS) is 13.3. The lowest BCUT2D eigenvalue weighted by Gasteiger charge is -2.19. The maximum atomic E-state index is 12.4. The summed E-state index contributed by atoms with van der Waals surface area (Å²) in [4.78, 5) is 23.6. The minimum Gasteiger partial charge on any atom is -0.477 e. The zero-order chi connectivity index (χ0) is 17.7. The minimum absolute atomic E-state index is 0.00535. The Kier molecular flexibility index (Phi) is 5.73. The first-order chi connectivity index (χ1) is 11.4. The number of aromatic nitrogens is 2. The van der Waals surface area contributed by atoms with Crippen molar-refractivity contribution < 1.29 is 14.7 Å². The topological polar surface area (TPSA) is 84.2 Å². The molecule has 1 aromatic carbocycles. The van der Waals surface area contributed by atoms with E-state index in [2.05, 4.69) is 29.5 Å². The number of carboxylic acid groups (broad SMARTS) is 1. The molecule has 0 aliphatic carbocycles. The van der Waals surface area contributed by atoms with Crippen molar-refractivity contribution in [3.63, 3.8) is 0 Å². The fourth-order valence-corrected chi connectivity index (χ4v) is 2.58. The standard InChI is InChI=1S/C18H23N3O3/c1-4-5-14-6-8-15(9-7-14)12(2)20-17(22)13(3)21-16(18(23)24)10-11-19-21/h6-13H,4-5H2,1-3H3,(H,20,22)(H,23,24). The van der Waals surface area contributed by atoms with Crippen LogP contribution in [-0.4, -0.2) is 26.8 Å². The molecule has 0 spiro atoms. The number of hydrogen-bond acceptors (Lipinski definition) is 3. The van der Waals surface area contributed by atoms with Gasteiger partial charge in [0.05, 0.1) is 6.04 Å². The number of rotatable bonds is 7. The van der Waals surface area contributed by atoms with Crippen molar-refractivity contribution in [2.24, 2.45) is 0 Å². The van der Waals surface area contributed by atoms with Gasteiger partial charge in [-0.15, -0.1) is 0 Å². The van der Waals surface area contributed by atoms with Crippen LogP contribution in [0.2, 0.25) is 0 Å². The van der Waals surface area contributed by atoms with Gasteiger partial charge in [-0.3, -0.25) is 4.79 Å². The molecule has 1 aromatic heterocycles. The zero-order valence-electron chi connectivity index (χ0n) is 14.2. The maximum absolute atomic E-state index is 12.4. The van der Waals surface area contributed by atoms with Gasteiger partial charge in [0.15, 0.2) is 0 Å². The van der Waals surface area contributed by atoms with Gasteiger partial charge in [0.2, 0.25) is 5.91 Å². The van der Waals surface area contributed by atoms with Gasteiger partial charge in [-0.05, 0) is 37.5 Å². The summed E-state index contributed by atoms with van der Waals surface area (Å²) in [5, 5.41) is 16.0. The Balaban J connectivity index is 2.05. The maximum Gasteiger partial charge on any atom is 0.354 e. The van der Waals surface area contributed by atoms with Crippen molar-refractivity contribution >= 4 is 11.9 Å². The largest absolute Gasteiger partial charge is 0.477 e. The number of carbonyl (C=O) groups is 2. The lowest BCUT2D eigenvalue weighted by Crippen LogP contribution is -2.34. The van der Waals surface area contributed by atoms with Crippen molar-refractivity contribution in [2.45, 2.75) is 45.7 Å². The highest BCUT2D eigenvalue weighted by Gasteiger charge is 2.22. The second-order valence-electron chi connectivity index (χ2n) is 5.86. The first-order valence-electron chi connectivity index (χ1n) is 8.10. The molecule has 0 bridgehead atoms. The highest BCUT2D eigenvalue weighted by atomic mass is 16.4. The number of hydrogen-bond donors (Lipinski definition) is 2. The van der Waals surface area contributed by atoms with Crippen molar-refractivity contribution in [3.05, 3.63) is 53.3 Å². The van der Waals surface area contributed by atoms with E-state index in [1.54, 1.807) is 6.92 Å². The summed E-state index contributed by atoms with van der Waals surface area (Å²) in [7, 11) is 0. The summed E-state index contributed by atoms with van der Waals surface area (Å²) in [5.74, 6) is -1.38. The molecule has 0 saturated heterocycles. The van der Waals surface area contributed by atoms with Gasteiger partial charge in [0, 0.05) is 6.20 Å². The van der Waals surface area contributed by atoms with Crippen LogP contribution in [0.25, 0.3) is 0 Å². The van der Waals surface area contributed by atoms with E-state index >= 15 is 0 Å². The van der Waals surface area contributed by atoms with Crippen LogP contribution in [0, 0.1) is 0 Å². The van der Waals surface area contributed by atoms with Crippen LogP contribution < -0.4 is 5.32 Å². The van der Waals surface area contributed by atoms with Crippen LogP contribution in [-0.2, 0) is 11.2 Å². The molecule has 24 heavy (non-hydrogen) atoms. The number of aryl methyl sites for hydroxylation is 1. The van der Waals surface area contributed by atoms with E-state index in [4.69, 9.17) is 5.11 Å². The molecule has 6 nitrogen and oxygen atoms in total. The molecular weight excluding hydrogens is 306 g/mol. The third-order valence-electron chi connectivity index (χ3n) is 4.01. The van der Waals surface area contributed by atoms with E-state index in [0.717, 1.165) is 18.4 Å². The quantitative estimate of drug-likeness (QED) is 0.818. The Morgan fingerprint density at radius 2 is 1.88 bits per heavy atom. The van der Waals surface area contributed by atoms with E-state index in [1.165, 1.54) is 22.5 Å². The number of carbonyl (C=O) groups excluding carboxylic acids is 1. The lowest BCUT2D eigenvalue weighted by atomic mass is 10.0. The average Bonchev–Trinajstić information content (AvgIpc) is 3.04. The minimum atomic E-state index is -1.10. The molecule has 1 amide bonds. The van der Waals surface area contributed by atoms with Crippen LogP contribution in [0.15, 0.2) is 36.5 Å². The number of nitrogens with one attached hydrogen (secondary N) is 1. The second-order valence-corrected chi connectivity index (χ2v) is 5.86. The number of carboxylic acids is 1. The molecule has 0 radical (unpaired) electrons. The van der Waals surface area contributed by atoms with Crippen LogP contribution in [0.5, 0.6) is 0 Å². The zero-order valence-corrected chi connectivity index (χ0v) is 14.2. The average molecular weight is 329 g/mol. The van der Waals surface area contributed by atoms with E-state index in [0.29, 0.717) is 0 Å². The molecule has 2 aromatic rings. The Morgan fingerprint density at radius 1 is 1.21 bits per heavy atom. The van der Waals surface area contributed by atoms with Gasteiger partial charge in [-0.2, -0.15) is 5.10 Å². The molecule has 2 rings (SSSR count). The van der Waals surface area contributed by atoms with E-state index < -0.39 is 12.0 Å². The first-order valence-corrected chi connectivity index (χ1v) is 8.10. The van der Waals surface area contributed by atoms with Gasteiger partial charge in [0.25, 0.3) is 0 Å². The third-order valence-corrected chi connectivity index (χ3v) is 4.01. The molecule has 0 fully saturated rings. The van der Waals surface area contributed by atoms with Crippen molar-refractivity contribution in [1.29, 1.82) is 0 Å². The summed E-state index contributed by atoms with van der Waals surface area (Å²) in [6.07, 6.45) is 3.51. The molecule has 128 valence electrons. The fraction of sp³-hybridized carbons (Fsp3) is 0.389. The first kappa shape index (κ1) is 17.7. The van der Waals surface area contributed by atoms with Gasteiger partial charge in [-0.25, -0.2) is 9.48 Å². The molecule has 0 aliphatic rings. The molecule has 2 atom stereocenters.